The molecule has 0 aliphatic rings. The number of carbonyl (C=O) groups is 2. The average molecular weight is 369 g/mol. The number of pyridine rings is 1. The lowest BCUT2D eigenvalue weighted by Gasteiger charge is -2.22. The van der Waals surface area contributed by atoms with Crippen LogP contribution in [-0.4, -0.2) is 30.0 Å². The van der Waals surface area contributed by atoms with Crippen LogP contribution in [0.4, 0.5) is 5.69 Å². The highest BCUT2D eigenvalue weighted by atomic mass is 35.5. The second kappa shape index (κ2) is 7.97. The third kappa shape index (κ3) is 3.83. The molecule has 0 atom stereocenters. The largest absolute Gasteiger partial charge is 0.452 e. The number of ether oxygens (including phenoxy) is 1. The van der Waals surface area contributed by atoms with Gasteiger partial charge in [0, 0.05) is 18.1 Å². The number of anilines is 1. The Bertz CT molecular complexity index is 936. The number of hydrogen-bond donors (Lipinski definition) is 0. The van der Waals surface area contributed by atoms with E-state index in [9.17, 15) is 9.59 Å². The van der Waals surface area contributed by atoms with E-state index in [1.807, 2.05) is 49.4 Å². The van der Waals surface area contributed by atoms with E-state index < -0.39 is 5.97 Å². The van der Waals surface area contributed by atoms with Crippen LogP contribution in [0, 0.1) is 0 Å². The molecule has 0 saturated carbocycles. The molecular formula is C20H17ClN2O3. The van der Waals surface area contributed by atoms with Gasteiger partial charge in [0.2, 0.25) is 0 Å². The molecule has 0 N–H and O–H groups in total. The Morgan fingerprint density at radius 1 is 1.08 bits per heavy atom. The summed E-state index contributed by atoms with van der Waals surface area (Å²) in [5, 5.41) is 2.30. The first-order valence-corrected chi connectivity index (χ1v) is 8.54. The van der Waals surface area contributed by atoms with Crippen LogP contribution in [0.15, 0.2) is 60.8 Å². The molecule has 26 heavy (non-hydrogen) atoms. The number of esters is 1. The molecule has 1 amide bonds. The van der Waals surface area contributed by atoms with Crippen LogP contribution in [0.1, 0.15) is 17.3 Å². The third-order valence-corrected chi connectivity index (χ3v) is 4.19. The normalized spacial score (nSPS) is 10.5. The number of benzene rings is 2. The van der Waals surface area contributed by atoms with Gasteiger partial charge in [-0.05, 0) is 30.5 Å². The van der Waals surface area contributed by atoms with Crippen LogP contribution in [-0.2, 0) is 9.53 Å². The first-order chi connectivity index (χ1) is 12.6. The van der Waals surface area contributed by atoms with Crippen molar-refractivity contribution in [1.82, 2.24) is 4.98 Å². The van der Waals surface area contributed by atoms with E-state index in [0.717, 1.165) is 16.5 Å². The summed E-state index contributed by atoms with van der Waals surface area (Å²) in [4.78, 5) is 30.1. The van der Waals surface area contributed by atoms with E-state index in [0.29, 0.717) is 6.54 Å². The minimum atomic E-state index is -0.614. The summed E-state index contributed by atoms with van der Waals surface area (Å²) >= 11 is 5.70. The maximum Gasteiger partial charge on any atom is 0.340 e. The maximum atomic E-state index is 12.6. The Morgan fingerprint density at radius 2 is 1.85 bits per heavy atom. The lowest BCUT2D eigenvalue weighted by atomic mass is 10.1. The topological polar surface area (TPSA) is 59.5 Å². The van der Waals surface area contributed by atoms with Gasteiger partial charge in [0.15, 0.2) is 6.61 Å². The summed E-state index contributed by atoms with van der Waals surface area (Å²) in [7, 11) is 0. The second-order valence-corrected chi connectivity index (χ2v) is 5.97. The molecule has 0 spiro atoms. The Kier molecular flexibility index (Phi) is 5.49. The van der Waals surface area contributed by atoms with Gasteiger partial charge in [-0.2, -0.15) is 0 Å². The van der Waals surface area contributed by atoms with Gasteiger partial charge in [-0.3, -0.25) is 4.79 Å². The van der Waals surface area contributed by atoms with Gasteiger partial charge < -0.3 is 9.64 Å². The summed E-state index contributed by atoms with van der Waals surface area (Å²) in [6, 6.07) is 16.6. The van der Waals surface area contributed by atoms with E-state index >= 15 is 0 Å². The second-order valence-electron chi connectivity index (χ2n) is 5.58. The van der Waals surface area contributed by atoms with Crippen LogP contribution in [0.25, 0.3) is 10.8 Å². The molecule has 0 aliphatic heterocycles. The molecule has 6 heteroatoms. The number of aromatic nitrogens is 1. The van der Waals surface area contributed by atoms with E-state index in [-0.39, 0.29) is 23.2 Å². The lowest BCUT2D eigenvalue weighted by Crippen LogP contribution is -2.34. The van der Waals surface area contributed by atoms with Crippen LogP contribution in [0.2, 0.25) is 5.15 Å². The fraction of sp³-hybridized carbons (Fsp3) is 0.150. The number of amides is 1. The summed E-state index contributed by atoms with van der Waals surface area (Å²) in [6.07, 6.45) is 1.32. The van der Waals surface area contributed by atoms with Gasteiger partial charge in [-0.25, -0.2) is 9.78 Å². The van der Waals surface area contributed by atoms with Crippen molar-refractivity contribution in [1.29, 1.82) is 0 Å². The van der Waals surface area contributed by atoms with E-state index in [2.05, 4.69) is 4.98 Å². The Morgan fingerprint density at radius 3 is 2.58 bits per heavy atom. The number of rotatable bonds is 5. The molecule has 0 radical (unpaired) electrons. The number of nitrogens with zero attached hydrogens (tertiary/aromatic N) is 2. The van der Waals surface area contributed by atoms with Gasteiger partial charge in [0.05, 0.1) is 11.3 Å². The fourth-order valence-corrected chi connectivity index (χ4v) is 2.82. The van der Waals surface area contributed by atoms with Crippen molar-refractivity contribution in [3.63, 3.8) is 0 Å². The number of likely N-dealkylation sites (N-methyl/N-ethyl adjacent to an activating group) is 1. The van der Waals surface area contributed by atoms with Crippen LogP contribution in [0.3, 0.4) is 0 Å². The zero-order valence-corrected chi connectivity index (χ0v) is 14.9. The van der Waals surface area contributed by atoms with Gasteiger partial charge in [-0.1, -0.05) is 48.0 Å². The first-order valence-electron chi connectivity index (χ1n) is 8.17. The molecule has 0 unspecified atom stereocenters. The summed E-state index contributed by atoms with van der Waals surface area (Å²) in [5.41, 5.74) is 1.04. The molecular weight excluding hydrogens is 352 g/mol. The Labute approximate surface area is 156 Å². The molecule has 5 nitrogen and oxygen atoms in total. The lowest BCUT2D eigenvalue weighted by molar-refractivity contribution is -0.121. The zero-order valence-electron chi connectivity index (χ0n) is 14.2. The van der Waals surface area contributed by atoms with Crippen molar-refractivity contribution < 1.29 is 14.3 Å². The van der Waals surface area contributed by atoms with Gasteiger partial charge in [-0.15, -0.1) is 0 Å². The van der Waals surface area contributed by atoms with Gasteiger partial charge in [0.1, 0.15) is 5.15 Å². The molecule has 132 valence electrons. The highest BCUT2D eigenvalue weighted by Crippen LogP contribution is 2.26. The Hall–Kier alpha value is -2.92. The van der Waals surface area contributed by atoms with Crippen molar-refractivity contribution in [3.8, 4) is 0 Å². The molecule has 3 rings (SSSR count). The van der Waals surface area contributed by atoms with Crippen molar-refractivity contribution >= 4 is 39.9 Å². The van der Waals surface area contributed by atoms with Crippen molar-refractivity contribution in [2.45, 2.75) is 6.92 Å². The van der Waals surface area contributed by atoms with Crippen LogP contribution < -0.4 is 4.90 Å². The highest BCUT2D eigenvalue weighted by molar-refractivity contribution is 6.29. The molecule has 0 aliphatic carbocycles. The van der Waals surface area contributed by atoms with Gasteiger partial charge >= 0.3 is 5.97 Å². The number of carbonyl (C=O) groups excluding carboxylic acids is 2. The van der Waals surface area contributed by atoms with Crippen molar-refractivity contribution in [2.75, 3.05) is 18.1 Å². The molecule has 0 fully saturated rings. The average Bonchev–Trinajstić information content (AvgIpc) is 2.67. The standard InChI is InChI=1S/C20H17ClN2O3/c1-2-23(17-9-5-7-14-6-3-4-8-16(14)17)19(24)13-26-20(25)15-10-11-18(21)22-12-15/h3-12H,2,13H2,1H3. The smallest absolute Gasteiger partial charge is 0.340 e. The van der Waals surface area contributed by atoms with E-state index in [4.69, 9.17) is 16.3 Å². The Balaban J connectivity index is 1.74. The predicted octanol–water partition coefficient (Wildman–Crippen LogP) is 4.10. The fourth-order valence-electron chi connectivity index (χ4n) is 2.71. The third-order valence-electron chi connectivity index (χ3n) is 3.96. The van der Waals surface area contributed by atoms with Crippen molar-refractivity contribution in [2.24, 2.45) is 0 Å². The molecule has 3 aromatic rings. The zero-order chi connectivity index (χ0) is 18.5. The van der Waals surface area contributed by atoms with Crippen molar-refractivity contribution in [3.05, 3.63) is 71.5 Å². The van der Waals surface area contributed by atoms with E-state index in [1.165, 1.54) is 18.3 Å². The van der Waals surface area contributed by atoms with E-state index in [1.54, 1.807) is 4.90 Å². The van der Waals surface area contributed by atoms with Crippen LogP contribution >= 0.6 is 11.6 Å². The van der Waals surface area contributed by atoms with Gasteiger partial charge in [0.25, 0.3) is 5.91 Å². The molecule has 2 aromatic carbocycles. The number of fused-ring (bicyclic) bond motifs is 1. The quantitative estimate of drug-likeness (QED) is 0.502. The minimum absolute atomic E-state index is 0.246. The summed E-state index contributed by atoms with van der Waals surface area (Å²) in [6.45, 7) is 2.00. The SMILES string of the molecule is CCN(C(=O)COC(=O)c1ccc(Cl)nc1)c1cccc2ccccc12. The predicted molar refractivity (Wildman–Crippen MR) is 102 cm³/mol. The van der Waals surface area contributed by atoms with Crippen LogP contribution in [0.5, 0.6) is 0 Å². The molecule has 0 saturated heterocycles. The molecule has 1 heterocycles. The maximum absolute atomic E-state index is 12.6. The first kappa shape index (κ1) is 17.9. The summed E-state index contributed by atoms with van der Waals surface area (Å²) < 4.78 is 5.13. The monoisotopic (exact) mass is 368 g/mol. The minimum Gasteiger partial charge on any atom is -0.452 e. The molecule has 0 bridgehead atoms. The highest BCUT2D eigenvalue weighted by Gasteiger charge is 2.18. The number of halogens is 1. The number of hydrogen-bond acceptors (Lipinski definition) is 4. The summed E-state index contributed by atoms with van der Waals surface area (Å²) in [5.74, 6) is -0.907. The molecule has 1 aromatic heterocycles.